The van der Waals surface area contributed by atoms with E-state index in [-0.39, 0.29) is 12.6 Å². The Balaban J connectivity index is 2.12. The lowest BCUT2D eigenvalue weighted by Crippen LogP contribution is -2.24. The summed E-state index contributed by atoms with van der Waals surface area (Å²) in [4.78, 5) is 18.3. The van der Waals surface area contributed by atoms with E-state index in [1.807, 2.05) is 13.8 Å². The number of anilines is 2. The zero-order valence-corrected chi connectivity index (χ0v) is 20.8. The van der Waals surface area contributed by atoms with E-state index in [2.05, 4.69) is 26.6 Å². The fraction of sp³-hybridized carbons (Fsp3) is 0.320. The number of aromatic nitrogens is 1. The molecule has 3 aromatic rings. The van der Waals surface area contributed by atoms with Crippen molar-refractivity contribution >= 4 is 39.9 Å². The molecule has 0 fully saturated rings. The van der Waals surface area contributed by atoms with Crippen molar-refractivity contribution in [2.24, 2.45) is 0 Å². The van der Waals surface area contributed by atoms with E-state index >= 15 is 0 Å². The minimum Gasteiger partial charge on any atom is -0.489 e. The smallest absolute Gasteiger partial charge is 0.319 e. The Hall–Kier alpha value is -3.74. The molecule has 0 spiro atoms. The summed E-state index contributed by atoms with van der Waals surface area (Å²) < 4.78 is 12.0. The highest BCUT2D eigenvalue weighted by Gasteiger charge is 2.19. The van der Waals surface area contributed by atoms with E-state index in [1.54, 1.807) is 43.5 Å². The summed E-state index contributed by atoms with van der Waals surface area (Å²) in [5, 5.41) is 25.4. The number of amides is 2. The summed E-state index contributed by atoms with van der Waals surface area (Å²) in [5.41, 5.74) is 2.06. The molecule has 1 aromatic heterocycles. The van der Waals surface area contributed by atoms with Gasteiger partial charge in [0, 0.05) is 37.7 Å². The number of pyridine rings is 1. The van der Waals surface area contributed by atoms with Crippen molar-refractivity contribution in [3.05, 3.63) is 47.1 Å². The highest BCUT2D eigenvalue weighted by Crippen LogP contribution is 2.41. The van der Waals surface area contributed by atoms with Gasteiger partial charge in [-0.25, -0.2) is 4.79 Å². The van der Waals surface area contributed by atoms with Crippen LogP contribution in [0.1, 0.15) is 26.3 Å². The Morgan fingerprint density at radius 2 is 2.03 bits per heavy atom. The minimum atomic E-state index is -0.681. The maximum atomic E-state index is 11.6. The zero-order valence-electron chi connectivity index (χ0n) is 20.1. The number of hydrogen-bond donors (Lipinski definition) is 3. The van der Waals surface area contributed by atoms with Crippen LogP contribution in [0, 0.1) is 11.3 Å². The molecule has 3 rings (SSSR count). The lowest BCUT2D eigenvalue weighted by molar-refractivity contribution is 0.122. The maximum Gasteiger partial charge on any atom is 0.319 e. The van der Waals surface area contributed by atoms with Crippen LogP contribution in [0.25, 0.3) is 10.9 Å². The number of aliphatic hydroxyl groups excluding tert-OH is 1. The molecule has 2 aromatic carbocycles. The number of nitrogens with zero attached hydrogens (tertiary/aromatic N) is 3. The van der Waals surface area contributed by atoms with Gasteiger partial charge >= 0.3 is 6.03 Å². The highest BCUT2D eigenvalue weighted by molar-refractivity contribution is 6.33. The molecular weight excluding hydrogens is 470 g/mol. The van der Waals surface area contributed by atoms with Crippen LogP contribution in [0.4, 0.5) is 16.2 Å². The number of nitrogens with one attached hydrogen (secondary N) is 2. The second kappa shape index (κ2) is 11.6. The molecule has 0 aliphatic carbocycles. The number of halogens is 1. The van der Waals surface area contributed by atoms with Gasteiger partial charge in [0.05, 0.1) is 39.8 Å². The maximum absolute atomic E-state index is 11.6. The van der Waals surface area contributed by atoms with Crippen molar-refractivity contribution < 1.29 is 19.4 Å². The lowest BCUT2D eigenvalue weighted by atomic mass is 10.1. The van der Waals surface area contributed by atoms with E-state index in [0.29, 0.717) is 44.4 Å². The van der Waals surface area contributed by atoms with Gasteiger partial charge in [-0.05, 0) is 39.0 Å². The van der Waals surface area contributed by atoms with Crippen LogP contribution in [-0.4, -0.2) is 49.0 Å². The Kier molecular flexibility index (Phi) is 8.58. The minimum absolute atomic E-state index is 0.0516. The van der Waals surface area contributed by atoms with Gasteiger partial charge in [-0.1, -0.05) is 11.6 Å². The topological polar surface area (TPSA) is 120 Å². The molecule has 3 N–H and O–H groups in total. The molecule has 0 aliphatic rings. The quantitative estimate of drug-likeness (QED) is 0.384. The average molecular weight is 498 g/mol. The number of hydrogen-bond acceptors (Lipinski definition) is 7. The monoisotopic (exact) mass is 497 g/mol. The molecule has 0 saturated carbocycles. The van der Waals surface area contributed by atoms with Crippen molar-refractivity contribution in [3.63, 3.8) is 0 Å². The highest BCUT2D eigenvalue weighted by atomic mass is 35.5. The standard InChI is InChI=1S/C25H28ClN5O4/c1-5-31(6-2)22-13-29-21-11-23(34-14-15(3)32)16(12-27)9-18(21)24(22)35-17-7-8-20(19(26)10-17)30-25(33)28-4/h7-11,13,15,32H,5-6,14H2,1-4H3,(H2,28,30,33)/t15-/m1/s1. The summed E-state index contributed by atoms with van der Waals surface area (Å²) in [6.07, 6.45) is 1.04. The number of carbonyl (C=O) groups is 1. The number of rotatable bonds is 9. The van der Waals surface area contributed by atoms with Gasteiger partial charge in [0.15, 0.2) is 5.75 Å². The third-order valence-electron chi connectivity index (χ3n) is 5.24. The van der Waals surface area contributed by atoms with Gasteiger partial charge in [0.1, 0.15) is 24.2 Å². The van der Waals surface area contributed by atoms with Crippen LogP contribution in [0.2, 0.25) is 5.02 Å². The van der Waals surface area contributed by atoms with Crippen LogP contribution in [0.3, 0.4) is 0 Å². The molecule has 0 unspecified atom stereocenters. The van der Waals surface area contributed by atoms with E-state index in [1.165, 1.54) is 7.05 Å². The molecule has 0 bridgehead atoms. The third-order valence-corrected chi connectivity index (χ3v) is 5.55. The van der Waals surface area contributed by atoms with E-state index in [9.17, 15) is 15.2 Å². The largest absolute Gasteiger partial charge is 0.489 e. The first kappa shape index (κ1) is 25.9. The molecule has 0 saturated heterocycles. The van der Waals surface area contributed by atoms with Crippen molar-refractivity contribution in [3.8, 4) is 23.3 Å². The number of carbonyl (C=O) groups excluding carboxylic acids is 1. The molecular formula is C25H28ClN5O4. The third kappa shape index (κ3) is 6.04. The van der Waals surface area contributed by atoms with Crippen molar-refractivity contribution in [2.75, 3.05) is 37.0 Å². The van der Waals surface area contributed by atoms with Gasteiger partial charge in [0.25, 0.3) is 0 Å². The number of ether oxygens (including phenoxy) is 2. The van der Waals surface area contributed by atoms with Crippen LogP contribution in [0.5, 0.6) is 17.2 Å². The predicted octanol–water partition coefficient (Wildman–Crippen LogP) is 4.91. The summed E-state index contributed by atoms with van der Waals surface area (Å²) >= 11 is 6.38. The molecule has 0 radical (unpaired) electrons. The van der Waals surface area contributed by atoms with Crippen molar-refractivity contribution in [1.82, 2.24) is 10.3 Å². The number of benzene rings is 2. The molecule has 1 atom stereocenters. The van der Waals surface area contributed by atoms with E-state index in [4.69, 9.17) is 21.1 Å². The van der Waals surface area contributed by atoms with Crippen LogP contribution in [-0.2, 0) is 0 Å². The van der Waals surface area contributed by atoms with Gasteiger partial charge in [-0.2, -0.15) is 5.26 Å². The molecule has 1 heterocycles. The first-order valence-corrected chi connectivity index (χ1v) is 11.6. The second-order valence-electron chi connectivity index (χ2n) is 7.73. The zero-order chi connectivity index (χ0) is 25.5. The van der Waals surface area contributed by atoms with E-state index in [0.717, 1.165) is 18.8 Å². The SMILES string of the molecule is CCN(CC)c1cnc2cc(OC[C@@H](C)O)c(C#N)cc2c1Oc1ccc(NC(=O)NC)c(Cl)c1. The summed E-state index contributed by atoms with van der Waals surface area (Å²) in [6, 6.07) is 10.1. The Bertz CT molecular complexity index is 1250. The van der Waals surface area contributed by atoms with E-state index < -0.39 is 6.10 Å². The van der Waals surface area contributed by atoms with Gasteiger partial charge in [-0.3, -0.25) is 4.98 Å². The fourth-order valence-corrected chi connectivity index (χ4v) is 3.68. The average Bonchev–Trinajstić information content (AvgIpc) is 2.85. The Morgan fingerprint density at radius 1 is 1.29 bits per heavy atom. The lowest BCUT2D eigenvalue weighted by Gasteiger charge is -2.25. The summed E-state index contributed by atoms with van der Waals surface area (Å²) in [6.45, 7) is 7.15. The first-order valence-electron chi connectivity index (χ1n) is 11.2. The number of aliphatic hydroxyl groups is 1. The van der Waals surface area contributed by atoms with Crippen LogP contribution in [0.15, 0.2) is 36.5 Å². The fourth-order valence-electron chi connectivity index (χ4n) is 3.46. The normalized spacial score (nSPS) is 11.5. The van der Waals surface area contributed by atoms with Crippen molar-refractivity contribution in [2.45, 2.75) is 26.9 Å². The Labute approximate surface area is 209 Å². The molecule has 10 heteroatoms. The van der Waals surface area contributed by atoms with Crippen LogP contribution < -0.4 is 25.0 Å². The Morgan fingerprint density at radius 3 is 2.63 bits per heavy atom. The molecule has 9 nitrogen and oxygen atoms in total. The number of urea groups is 1. The molecule has 0 aliphatic heterocycles. The molecule has 35 heavy (non-hydrogen) atoms. The predicted molar refractivity (Wildman–Crippen MR) is 137 cm³/mol. The van der Waals surface area contributed by atoms with Crippen molar-refractivity contribution in [1.29, 1.82) is 5.26 Å². The van der Waals surface area contributed by atoms with Gasteiger partial charge in [0.2, 0.25) is 0 Å². The number of nitriles is 1. The van der Waals surface area contributed by atoms with Gasteiger partial charge < -0.3 is 30.1 Å². The summed E-state index contributed by atoms with van der Waals surface area (Å²) in [7, 11) is 1.51. The second-order valence-corrected chi connectivity index (χ2v) is 8.14. The number of fused-ring (bicyclic) bond motifs is 1. The molecule has 2 amide bonds. The van der Waals surface area contributed by atoms with Gasteiger partial charge in [-0.15, -0.1) is 0 Å². The first-order chi connectivity index (χ1) is 16.8. The molecule has 184 valence electrons. The van der Waals surface area contributed by atoms with Crippen LogP contribution >= 0.6 is 11.6 Å². The summed E-state index contributed by atoms with van der Waals surface area (Å²) in [5.74, 6) is 1.30.